The number of halogens is 1. The third-order valence-electron chi connectivity index (χ3n) is 4.00. The molecule has 2 aliphatic heterocycles. The monoisotopic (exact) mass is 378 g/mol. The number of aliphatic hydroxyl groups excluding tert-OH is 1. The van der Waals surface area contributed by atoms with Crippen molar-refractivity contribution >= 4 is 19.8 Å². The standard InChI is InChI=1S/C16H27IO2/c1-5-6-7-14-9-16(4,19-15(14)18)17-10-12(2)8-13(3)11-17/h5-6,10,13-15,18H,7-9,11H2,1-4H3/b6-5-/t13?,14?,15-,16?/m1/s1. The molecule has 1 fully saturated rings. The first kappa shape index (κ1) is 15.5. The maximum atomic E-state index is 10.2. The molecule has 19 heavy (non-hydrogen) atoms. The molecule has 2 heterocycles. The van der Waals surface area contributed by atoms with Gasteiger partial charge >= 0.3 is 125 Å². The number of hydrogen-bond donors (Lipinski definition) is 1. The summed E-state index contributed by atoms with van der Waals surface area (Å²) in [6.07, 6.45) is 6.86. The van der Waals surface area contributed by atoms with E-state index in [2.05, 4.69) is 37.0 Å². The number of allylic oxidation sites excluding steroid dienone is 3. The molecule has 1 saturated heterocycles. The fourth-order valence-electron chi connectivity index (χ4n) is 3.11. The molecular weight excluding hydrogens is 351 g/mol. The molecule has 0 aromatic carbocycles. The molecule has 0 radical (unpaired) electrons. The molecule has 2 rings (SSSR count). The van der Waals surface area contributed by atoms with Crippen LogP contribution in [0.1, 0.15) is 47.0 Å². The first-order valence-electron chi connectivity index (χ1n) is 7.23. The molecule has 0 aromatic rings. The molecule has 3 heteroatoms. The Morgan fingerprint density at radius 3 is 2.95 bits per heavy atom. The van der Waals surface area contributed by atoms with Crippen LogP contribution in [-0.4, -0.2) is 19.4 Å². The minimum atomic E-state index is -1.28. The molecular formula is C16H27IO2. The van der Waals surface area contributed by atoms with Gasteiger partial charge in [0.25, 0.3) is 0 Å². The molecule has 3 unspecified atom stereocenters. The predicted molar refractivity (Wildman–Crippen MR) is 89.5 cm³/mol. The van der Waals surface area contributed by atoms with Gasteiger partial charge in [0.1, 0.15) is 0 Å². The van der Waals surface area contributed by atoms with Crippen molar-refractivity contribution in [2.45, 2.75) is 56.9 Å². The van der Waals surface area contributed by atoms with E-state index in [-0.39, 0.29) is 9.53 Å². The van der Waals surface area contributed by atoms with E-state index >= 15 is 0 Å². The Bertz CT molecular complexity index is 377. The number of ether oxygens (including phenoxy) is 1. The van der Waals surface area contributed by atoms with Crippen LogP contribution >= 0.6 is 19.8 Å². The summed E-state index contributed by atoms with van der Waals surface area (Å²) in [6.45, 7) is 8.89. The van der Waals surface area contributed by atoms with Crippen molar-refractivity contribution in [1.82, 2.24) is 0 Å². The van der Waals surface area contributed by atoms with Crippen molar-refractivity contribution in [1.29, 1.82) is 0 Å². The fraction of sp³-hybridized carbons (Fsp3) is 0.750. The van der Waals surface area contributed by atoms with Crippen LogP contribution in [0.4, 0.5) is 0 Å². The van der Waals surface area contributed by atoms with Gasteiger partial charge in [0.15, 0.2) is 0 Å². The average Bonchev–Trinajstić information content (AvgIpc) is 2.62. The first-order chi connectivity index (χ1) is 8.94. The van der Waals surface area contributed by atoms with Crippen molar-refractivity contribution in [2.24, 2.45) is 11.8 Å². The van der Waals surface area contributed by atoms with Crippen molar-refractivity contribution in [3.63, 3.8) is 0 Å². The summed E-state index contributed by atoms with van der Waals surface area (Å²) in [5, 5.41) is 10.2. The van der Waals surface area contributed by atoms with Crippen LogP contribution in [-0.2, 0) is 4.74 Å². The molecule has 110 valence electrons. The number of rotatable bonds is 3. The molecule has 2 nitrogen and oxygen atoms in total. The summed E-state index contributed by atoms with van der Waals surface area (Å²) in [5.41, 5.74) is 1.54. The number of aliphatic hydroxyl groups is 1. The summed E-state index contributed by atoms with van der Waals surface area (Å²) in [5.74, 6) is 1.08. The van der Waals surface area contributed by atoms with Crippen LogP contribution in [0.2, 0.25) is 0 Å². The molecule has 2 aliphatic rings. The Morgan fingerprint density at radius 1 is 1.58 bits per heavy atom. The van der Waals surface area contributed by atoms with E-state index in [9.17, 15) is 5.11 Å². The molecule has 0 aromatic heterocycles. The van der Waals surface area contributed by atoms with E-state index in [1.165, 1.54) is 10.8 Å². The Morgan fingerprint density at radius 2 is 2.32 bits per heavy atom. The van der Waals surface area contributed by atoms with Crippen molar-refractivity contribution in [3.8, 4) is 0 Å². The van der Waals surface area contributed by atoms with Gasteiger partial charge in [0.2, 0.25) is 0 Å². The summed E-state index contributed by atoms with van der Waals surface area (Å²) in [7, 11) is 0. The summed E-state index contributed by atoms with van der Waals surface area (Å²) >= 11 is -1.28. The van der Waals surface area contributed by atoms with Crippen LogP contribution in [0.25, 0.3) is 0 Å². The molecule has 0 amide bonds. The minimum absolute atomic E-state index is 0.0362. The number of alkyl halides is 2. The van der Waals surface area contributed by atoms with Gasteiger partial charge in [-0.15, -0.1) is 0 Å². The second kappa shape index (κ2) is 6.27. The Kier molecular flexibility index (Phi) is 5.12. The van der Waals surface area contributed by atoms with Crippen molar-refractivity contribution in [3.05, 3.63) is 21.8 Å². The third kappa shape index (κ3) is 3.61. The van der Waals surface area contributed by atoms with Gasteiger partial charge in [-0.2, -0.15) is 0 Å². The average molecular weight is 378 g/mol. The van der Waals surface area contributed by atoms with Gasteiger partial charge in [-0.3, -0.25) is 0 Å². The van der Waals surface area contributed by atoms with Gasteiger partial charge in [-0.05, 0) is 0 Å². The topological polar surface area (TPSA) is 29.5 Å². The zero-order chi connectivity index (χ0) is 14.0. The SMILES string of the molecule is C/C=C\CC1CC(C)(I2C=C(C)CC(C)C2)O[C@H]1O. The van der Waals surface area contributed by atoms with E-state index in [1.807, 2.05) is 6.92 Å². The van der Waals surface area contributed by atoms with Crippen LogP contribution in [0.5, 0.6) is 0 Å². The van der Waals surface area contributed by atoms with Gasteiger partial charge in [-0.25, -0.2) is 0 Å². The second-order valence-electron chi connectivity index (χ2n) is 6.20. The van der Waals surface area contributed by atoms with Gasteiger partial charge in [0.05, 0.1) is 0 Å². The molecule has 4 atom stereocenters. The summed E-state index contributed by atoms with van der Waals surface area (Å²) < 4.78 is 9.88. The van der Waals surface area contributed by atoms with Gasteiger partial charge in [0, 0.05) is 0 Å². The van der Waals surface area contributed by atoms with Crippen LogP contribution in [0.3, 0.4) is 0 Å². The quantitative estimate of drug-likeness (QED) is 0.446. The third-order valence-corrected chi connectivity index (χ3v) is 11.9. The van der Waals surface area contributed by atoms with E-state index in [0.29, 0.717) is 0 Å². The molecule has 0 bridgehead atoms. The van der Waals surface area contributed by atoms with Crippen molar-refractivity contribution in [2.75, 3.05) is 4.43 Å². The van der Waals surface area contributed by atoms with Crippen molar-refractivity contribution < 1.29 is 9.84 Å². The van der Waals surface area contributed by atoms with E-state index < -0.39 is 26.1 Å². The van der Waals surface area contributed by atoms with Gasteiger partial charge < -0.3 is 0 Å². The van der Waals surface area contributed by atoms with E-state index in [1.54, 1.807) is 5.57 Å². The zero-order valence-corrected chi connectivity index (χ0v) is 14.7. The Balaban J connectivity index is 2.09. The van der Waals surface area contributed by atoms with Crippen LogP contribution in [0.15, 0.2) is 21.8 Å². The van der Waals surface area contributed by atoms with Crippen LogP contribution in [0, 0.1) is 11.8 Å². The second-order valence-corrected chi connectivity index (χ2v) is 12.2. The maximum absolute atomic E-state index is 10.2. The normalized spacial score (nSPS) is 41.8. The fourth-order valence-corrected chi connectivity index (χ4v) is 10.1. The summed E-state index contributed by atoms with van der Waals surface area (Å²) in [4.78, 5) is 0. The van der Waals surface area contributed by atoms with Crippen LogP contribution < -0.4 is 0 Å². The van der Waals surface area contributed by atoms with E-state index in [0.717, 1.165) is 18.8 Å². The Hall–Kier alpha value is 0.130. The molecule has 0 spiro atoms. The molecule has 0 saturated carbocycles. The van der Waals surface area contributed by atoms with Gasteiger partial charge in [-0.1, -0.05) is 0 Å². The predicted octanol–water partition coefficient (Wildman–Crippen LogP) is 4.47. The Labute approximate surface area is 124 Å². The molecule has 1 N–H and O–H groups in total. The zero-order valence-electron chi connectivity index (χ0n) is 12.5. The first-order valence-corrected chi connectivity index (χ1v) is 11.1. The van der Waals surface area contributed by atoms with E-state index in [4.69, 9.17) is 4.74 Å². The molecule has 0 aliphatic carbocycles. The summed E-state index contributed by atoms with van der Waals surface area (Å²) in [6, 6.07) is 0. The number of hydrogen-bond acceptors (Lipinski definition) is 2.